The van der Waals surface area contributed by atoms with E-state index < -0.39 is 0 Å². The number of aryl methyl sites for hydroxylation is 1. The lowest BCUT2D eigenvalue weighted by Crippen LogP contribution is -2.28. The van der Waals surface area contributed by atoms with Crippen molar-refractivity contribution in [3.63, 3.8) is 0 Å². The molecule has 1 aromatic heterocycles. The minimum absolute atomic E-state index is 0.181. The zero-order chi connectivity index (χ0) is 21.6. The maximum atomic E-state index is 12.5. The third kappa shape index (κ3) is 5.04. The van der Waals surface area contributed by atoms with Gasteiger partial charge in [-0.1, -0.05) is 12.1 Å². The summed E-state index contributed by atoms with van der Waals surface area (Å²) in [4.78, 5) is 18.8. The Kier molecular flexibility index (Phi) is 6.17. The summed E-state index contributed by atoms with van der Waals surface area (Å²) in [5.41, 5.74) is 3.85. The summed E-state index contributed by atoms with van der Waals surface area (Å²) >= 11 is 0. The van der Waals surface area contributed by atoms with Crippen molar-refractivity contribution >= 4 is 11.6 Å². The fourth-order valence-electron chi connectivity index (χ4n) is 3.50. The first-order chi connectivity index (χ1) is 15.1. The van der Waals surface area contributed by atoms with Gasteiger partial charge in [-0.15, -0.1) is 0 Å². The molecule has 0 aliphatic carbocycles. The molecule has 1 N–H and O–H groups in total. The molecule has 158 valence electrons. The van der Waals surface area contributed by atoms with Gasteiger partial charge in [-0.3, -0.25) is 15.1 Å². The zero-order valence-electron chi connectivity index (χ0n) is 17.7. The first-order valence-electron chi connectivity index (χ1n) is 10.2. The number of ether oxygens (including phenoxy) is 2. The molecule has 3 aromatic rings. The fraction of sp³-hybridized carbons (Fsp3) is 0.200. The second kappa shape index (κ2) is 9.34. The Hall–Kier alpha value is -3.80. The molecule has 0 bridgehead atoms. The Labute approximate surface area is 182 Å². The molecule has 1 aliphatic rings. The molecular weight excluding hydrogens is 390 g/mol. The van der Waals surface area contributed by atoms with Crippen molar-refractivity contribution in [3.8, 4) is 11.5 Å². The molecule has 2 aromatic carbocycles. The number of carbonyl (C=O) groups excluding carboxylic acids is 1. The van der Waals surface area contributed by atoms with Crippen LogP contribution in [0.4, 0.5) is 5.69 Å². The number of anilines is 1. The van der Waals surface area contributed by atoms with E-state index in [2.05, 4.69) is 27.3 Å². The van der Waals surface area contributed by atoms with Crippen molar-refractivity contribution in [2.24, 2.45) is 0 Å². The SMILES string of the molecule is COc1ccc(CN(C)c2ccc(OC3=CCCc4cnccc4C(=O)N3)cc2)cc1. The largest absolute Gasteiger partial charge is 0.497 e. The number of allylic oxidation sites excluding steroid dienone is 1. The standard InChI is InChI=1S/C25H25N3O3/c1-28(17-18-6-10-21(30-2)11-7-18)20-8-12-22(13-9-20)31-24-5-3-4-19-16-26-15-14-23(19)25(29)27-24/h5-16H,3-4,17H2,1-2H3,(H,27,29). The second-order valence-corrected chi connectivity index (χ2v) is 7.39. The van der Waals surface area contributed by atoms with Crippen LogP contribution >= 0.6 is 0 Å². The van der Waals surface area contributed by atoms with Gasteiger partial charge in [0.15, 0.2) is 5.88 Å². The molecule has 0 radical (unpaired) electrons. The maximum absolute atomic E-state index is 12.5. The summed E-state index contributed by atoms with van der Waals surface area (Å²) < 4.78 is 11.1. The number of hydrogen-bond acceptors (Lipinski definition) is 5. The molecule has 0 saturated carbocycles. The predicted octanol–water partition coefficient (Wildman–Crippen LogP) is 4.32. The number of amides is 1. The van der Waals surface area contributed by atoms with Gasteiger partial charge in [-0.2, -0.15) is 0 Å². The summed E-state index contributed by atoms with van der Waals surface area (Å²) in [7, 11) is 3.71. The predicted molar refractivity (Wildman–Crippen MR) is 120 cm³/mol. The quantitative estimate of drug-likeness (QED) is 0.650. The molecule has 0 unspecified atom stereocenters. The van der Waals surface area contributed by atoms with Crippen molar-refractivity contribution < 1.29 is 14.3 Å². The van der Waals surface area contributed by atoms with E-state index in [1.54, 1.807) is 25.6 Å². The topological polar surface area (TPSA) is 63.7 Å². The molecule has 0 saturated heterocycles. The highest BCUT2D eigenvalue weighted by Gasteiger charge is 2.16. The van der Waals surface area contributed by atoms with E-state index in [9.17, 15) is 4.79 Å². The van der Waals surface area contributed by atoms with Gasteiger partial charge in [-0.05, 0) is 72.5 Å². The zero-order valence-corrected chi connectivity index (χ0v) is 17.7. The highest BCUT2D eigenvalue weighted by molar-refractivity contribution is 5.96. The summed E-state index contributed by atoms with van der Waals surface area (Å²) in [6.07, 6.45) is 6.79. The Bertz CT molecular complexity index is 1080. The number of nitrogens with zero attached hydrogens (tertiary/aromatic N) is 2. The number of fused-ring (bicyclic) bond motifs is 1. The van der Waals surface area contributed by atoms with Gasteiger partial charge in [-0.25, -0.2) is 0 Å². The van der Waals surface area contributed by atoms with Crippen LogP contribution in [0.5, 0.6) is 11.5 Å². The summed E-state index contributed by atoms with van der Waals surface area (Å²) in [5, 5.41) is 2.85. The smallest absolute Gasteiger partial charge is 0.258 e. The van der Waals surface area contributed by atoms with E-state index in [1.165, 1.54) is 5.56 Å². The van der Waals surface area contributed by atoms with E-state index in [1.807, 2.05) is 49.5 Å². The minimum atomic E-state index is -0.181. The van der Waals surface area contributed by atoms with Gasteiger partial charge >= 0.3 is 0 Å². The first kappa shape index (κ1) is 20.5. The molecule has 6 heteroatoms. The van der Waals surface area contributed by atoms with Crippen LogP contribution in [0.2, 0.25) is 0 Å². The van der Waals surface area contributed by atoms with E-state index in [4.69, 9.17) is 9.47 Å². The summed E-state index contributed by atoms with van der Waals surface area (Å²) in [5.74, 6) is 1.79. The van der Waals surface area contributed by atoms with Crippen molar-refractivity contribution in [1.82, 2.24) is 10.3 Å². The molecule has 0 fully saturated rings. The van der Waals surface area contributed by atoms with Crippen molar-refractivity contribution in [2.75, 3.05) is 19.1 Å². The number of nitrogens with one attached hydrogen (secondary N) is 1. The van der Waals surface area contributed by atoms with Crippen LogP contribution in [-0.2, 0) is 13.0 Å². The monoisotopic (exact) mass is 415 g/mol. The highest BCUT2D eigenvalue weighted by atomic mass is 16.5. The van der Waals surface area contributed by atoms with E-state index in [0.29, 0.717) is 17.2 Å². The van der Waals surface area contributed by atoms with Crippen LogP contribution < -0.4 is 19.7 Å². The Morgan fingerprint density at radius 2 is 1.77 bits per heavy atom. The number of carbonyl (C=O) groups is 1. The van der Waals surface area contributed by atoms with E-state index in [-0.39, 0.29) is 5.91 Å². The first-order valence-corrected chi connectivity index (χ1v) is 10.2. The molecule has 2 heterocycles. The summed E-state index contributed by atoms with van der Waals surface area (Å²) in [6, 6.07) is 17.6. The van der Waals surface area contributed by atoms with Gasteiger partial charge in [0, 0.05) is 37.2 Å². The lowest BCUT2D eigenvalue weighted by Gasteiger charge is -2.20. The van der Waals surface area contributed by atoms with Crippen LogP contribution in [0, 0.1) is 0 Å². The van der Waals surface area contributed by atoms with Crippen LogP contribution in [0.25, 0.3) is 0 Å². The highest BCUT2D eigenvalue weighted by Crippen LogP contribution is 2.23. The minimum Gasteiger partial charge on any atom is -0.497 e. The third-order valence-electron chi connectivity index (χ3n) is 5.21. The molecule has 1 amide bonds. The number of benzene rings is 2. The number of aromatic nitrogens is 1. The molecule has 6 nitrogen and oxygen atoms in total. The number of rotatable bonds is 6. The van der Waals surface area contributed by atoms with Gasteiger partial charge in [0.05, 0.1) is 7.11 Å². The number of methoxy groups -OCH3 is 1. The molecule has 4 rings (SSSR count). The van der Waals surface area contributed by atoms with Gasteiger partial charge < -0.3 is 14.4 Å². The van der Waals surface area contributed by atoms with Crippen molar-refractivity contribution in [3.05, 3.63) is 95.6 Å². The molecular formula is C25H25N3O3. The maximum Gasteiger partial charge on any atom is 0.258 e. The second-order valence-electron chi connectivity index (χ2n) is 7.39. The van der Waals surface area contributed by atoms with Crippen LogP contribution in [0.1, 0.15) is 27.9 Å². The van der Waals surface area contributed by atoms with E-state index >= 15 is 0 Å². The summed E-state index contributed by atoms with van der Waals surface area (Å²) in [6.45, 7) is 0.777. The molecule has 1 aliphatic heterocycles. The number of hydrogen-bond donors (Lipinski definition) is 1. The van der Waals surface area contributed by atoms with Crippen LogP contribution in [0.3, 0.4) is 0 Å². The molecule has 0 atom stereocenters. The Balaban J connectivity index is 1.39. The Morgan fingerprint density at radius 1 is 1.03 bits per heavy atom. The van der Waals surface area contributed by atoms with Gasteiger partial charge in [0.1, 0.15) is 11.5 Å². The average molecular weight is 415 g/mol. The Morgan fingerprint density at radius 3 is 2.52 bits per heavy atom. The van der Waals surface area contributed by atoms with Gasteiger partial charge in [0.2, 0.25) is 0 Å². The molecule has 0 spiro atoms. The van der Waals surface area contributed by atoms with E-state index in [0.717, 1.165) is 36.4 Å². The van der Waals surface area contributed by atoms with Crippen LogP contribution in [-0.4, -0.2) is 25.0 Å². The van der Waals surface area contributed by atoms with Crippen molar-refractivity contribution in [1.29, 1.82) is 0 Å². The average Bonchev–Trinajstić information content (AvgIpc) is 2.79. The lowest BCUT2D eigenvalue weighted by atomic mass is 10.0. The van der Waals surface area contributed by atoms with Crippen LogP contribution in [0.15, 0.2) is 79.0 Å². The third-order valence-corrected chi connectivity index (χ3v) is 5.21. The fourth-order valence-corrected chi connectivity index (χ4v) is 3.50. The lowest BCUT2D eigenvalue weighted by molar-refractivity contribution is 0.0947. The normalized spacial score (nSPS) is 13.2. The number of pyridine rings is 1. The van der Waals surface area contributed by atoms with Gasteiger partial charge in [0.25, 0.3) is 5.91 Å². The van der Waals surface area contributed by atoms with Crippen molar-refractivity contribution in [2.45, 2.75) is 19.4 Å². The molecule has 31 heavy (non-hydrogen) atoms.